The molecular formula is C20H22N4O. The van der Waals surface area contributed by atoms with Crippen molar-refractivity contribution in [2.24, 2.45) is 17.3 Å². The van der Waals surface area contributed by atoms with Crippen molar-refractivity contribution in [3.8, 4) is 5.69 Å². The number of azo groups is 1. The summed E-state index contributed by atoms with van der Waals surface area (Å²) in [5.41, 5.74) is 3.81. The highest BCUT2D eigenvalue weighted by atomic mass is 16.1. The van der Waals surface area contributed by atoms with Gasteiger partial charge < -0.3 is 0 Å². The van der Waals surface area contributed by atoms with Crippen LogP contribution in [0.1, 0.15) is 24.6 Å². The number of rotatable bonds is 5. The summed E-state index contributed by atoms with van der Waals surface area (Å²) < 4.78 is 3.41. The van der Waals surface area contributed by atoms with Crippen LogP contribution in [-0.4, -0.2) is 9.36 Å². The Morgan fingerprint density at radius 3 is 2.28 bits per heavy atom. The predicted molar refractivity (Wildman–Crippen MR) is 100 cm³/mol. The van der Waals surface area contributed by atoms with Crippen LogP contribution >= 0.6 is 0 Å². The van der Waals surface area contributed by atoms with Crippen molar-refractivity contribution >= 4 is 11.4 Å². The van der Waals surface area contributed by atoms with Crippen molar-refractivity contribution in [1.29, 1.82) is 0 Å². The Balaban J connectivity index is 1.94. The molecule has 0 aliphatic carbocycles. The van der Waals surface area contributed by atoms with E-state index in [1.54, 1.807) is 9.36 Å². The average Bonchev–Trinajstić information content (AvgIpc) is 2.85. The highest BCUT2D eigenvalue weighted by Gasteiger charge is 2.15. The first kappa shape index (κ1) is 16.9. The second-order valence-electron chi connectivity index (χ2n) is 6.03. The van der Waals surface area contributed by atoms with Gasteiger partial charge in [-0.25, -0.2) is 4.68 Å². The molecule has 2 aromatic carbocycles. The quantitative estimate of drug-likeness (QED) is 0.615. The zero-order valence-electron chi connectivity index (χ0n) is 14.8. The normalized spacial score (nSPS) is 11.3. The van der Waals surface area contributed by atoms with E-state index in [0.717, 1.165) is 29.9 Å². The molecule has 0 amide bonds. The molecule has 128 valence electrons. The van der Waals surface area contributed by atoms with Crippen LogP contribution in [-0.2, 0) is 13.5 Å². The Hall–Kier alpha value is -2.95. The van der Waals surface area contributed by atoms with Gasteiger partial charge in [0.15, 0.2) is 5.69 Å². The summed E-state index contributed by atoms with van der Waals surface area (Å²) in [6, 6.07) is 17.5. The van der Waals surface area contributed by atoms with Crippen molar-refractivity contribution in [1.82, 2.24) is 9.36 Å². The molecule has 0 spiro atoms. The van der Waals surface area contributed by atoms with Gasteiger partial charge in [-0.3, -0.25) is 9.48 Å². The third kappa shape index (κ3) is 3.45. The molecule has 0 atom stereocenters. The molecule has 0 N–H and O–H groups in total. The summed E-state index contributed by atoms with van der Waals surface area (Å²) in [4.78, 5) is 12.8. The van der Waals surface area contributed by atoms with Crippen LogP contribution in [0.5, 0.6) is 0 Å². The van der Waals surface area contributed by atoms with Gasteiger partial charge in [-0.2, -0.15) is 5.11 Å². The molecule has 0 radical (unpaired) electrons. The lowest BCUT2D eigenvalue weighted by atomic mass is 10.1. The molecule has 3 aromatic rings. The molecule has 0 unspecified atom stereocenters. The van der Waals surface area contributed by atoms with Crippen LogP contribution in [0.2, 0.25) is 0 Å². The SMILES string of the molecule is CCCc1ccc(N=Nc2c(C)n(C)n(-c3ccccc3)c2=O)cc1. The van der Waals surface area contributed by atoms with Crippen LogP contribution in [0.15, 0.2) is 69.6 Å². The van der Waals surface area contributed by atoms with Gasteiger partial charge in [0.05, 0.1) is 17.1 Å². The fourth-order valence-corrected chi connectivity index (χ4v) is 2.80. The number of para-hydroxylation sites is 1. The van der Waals surface area contributed by atoms with Crippen molar-refractivity contribution in [3.63, 3.8) is 0 Å². The molecule has 5 nitrogen and oxygen atoms in total. The predicted octanol–water partition coefficient (Wildman–Crippen LogP) is 4.85. The van der Waals surface area contributed by atoms with E-state index in [2.05, 4.69) is 29.3 Å². The molecule has 0 bridgehead atoms. The minimum absolute atomic E-state index is 0.169. The topological polar surface area (TPSA) is 51.6 Å². The molecule has 0 saturated heterocycles. The summed E-state index contributed by atoms with van der Waals surface area (Å²) in [7, 11) is 1.85. The fraction of sp³-hybridized carbons (Fsp3) is 0.250. The highest BCUT2D eigenvalue weighted by molar-refractivity contribution is 5.45. The van der Waals surface area contributed by atoms with Gasteiger partial charge in [0, 0.05) is 7.05 Å². The van der Waals surface area contributed by atoms with Gasteiger partial charge in [0.2, 0.25) is 0 Å². The van der Waals surface area contributed by atoms with Gasteiger partial charge in [-0.05, 0) is 43.2 Å². The van der Waals surface area contributed by atoms with E-state index in [9.17, 15) is 4.79 Å². The van der Waals surface area contributed by atoms with Gasteiger partial charge in [0.25, 0.3) is 5.56 Å². The Labute approximate surface area is 147 Å². The molecule has 5 heteroatoms. The molecule has 3 rings (SSSR count). The third-order valence-electron chi connectivity index (χ3n) is 4.26. The van der Waals surface area contributed by atoms with Gasteiger partial charge in [-0.1, -0.05) is 43.7 Å². The maximum absolute atomic E-state index is 12.8. The molecule has 25 heavy (non-hydrogen) atoms. The van der Waals surface area contributed by atoms with E-state index < -0.39 is 0 Å². The van der Waals surface area contributed by atoms with E-state index in [1.807, 2.05) is 56.4 Å². The average molecular weight is 334 g/mol. The minimum atomic E-state index is -0.169. The van der Waals surface area contributed by atoms with Crippen LogP contribution in [0.25, 0.3) is 5.69 Å². The number of aryl methyl sites for hydroxylation is 1. The van der Waals surface area contributed by atoms with Crippen LogP contribution in [0.4, 0.5) is 11.4 Å². The van der Waals surface area contributed by atoms with E-state index >= 15 is 0 Å². The molecule has 0 aliphatic rings. The summed E-state index contributed by atoms with van der Waals surface area (Å²) in [5, 5.41) is 8.47. The molecule has 0 saturated carbocycles. The zero-order valence-corrected chi connectivity index (χ0v) is 14.8. The van der Waals surface area contributed by atoms with Crippen LogP contribution in [0, 0.1) is 6.92 Å². The number of aromatic nitrogens is 2. The van der Waals surface area contributed by atoms with Gasteiger partial charge in [0.1, 0.15) is 0 Å². The molecular weight excluding hydrogens is 312 g/mol. The number of nitrogens with zero attached hydrogens (tertiary/aromatic N) is 4. The summed E-state index contributed by atoms with van der Waals surface area (Å²) in [6.07, 6.45) is 2.17. The summed E-state index contributed by atoms with van der Waals surface area (Å²) in [6.45, 7) is 4.03. The first-order valence-corrected chi connectivity index (χ1v) is 8.46. The van der Waals surface area contributed by atoms with Crippen molar-refractivity contribution in [3.05, 3.63) is 76.2 Å². The third-order valence-corrected chi connectivity index (χ3v) is 4.26. The number of benzene rings is 2. The maximum Gasteiger partial charge on any atom is 0.299 e. The van der Waals surface area contributed by atoms with Crippen molar-refractivity contribution in [2.45, 2.75) is 26.7 Å². The van der Waals surface area contributed by atoms with E-state index in [1.165, 1.54) is 5.56 Å². The number of hydrogen-bond acceptors (Lipinski definition) is 3. The van der Waals surface area contributed by atoms with E-state index in [-0.39, 0.29) is 5.56 Å². The molecule has 1 heterocycles. The largest absolute Gasteiger partial charge is 0.299 e. The van der Waals surface area contributed by atoms with E-state index in [0.29, 0.717) is 5.69 Å². The first-order valence-electron chi connectivity index (χ1n) is 8.46. The van der Waals surface area contributed by atoms with Crippen molar-refractivity contribution in [2.75, 3.05) is 0 Å². The van der Waals surface area contributed by atoms with Crippen molar-refractivity contribution < 1.29 is 0 Å². The minimum Gasteiger partial charge on any atom is -0.283 e. The Bertz CT molecular complexity index is 934. The zero-order chi connectivity index (χ0) is 17.8. The van der Waals surface area contributed by atoms with Gasteiger partial charge >= 0.3 is 0 Å². The maximum atomic E-state index is 12.8. The molecule has 1 aromatic heterocycles. The smallest absolute Gasteiger partial charge is 0.283 e. The Morgan fingerprint density at radius 1 is 0.960 bits per heavy atom. The molecule has 0 fully saturated rings. The van der Waals surface area contributed by atoms with Crippen LogP contribution in [0.3, 0.4) is 0 Å². The fourth-order valence-electron chi connectivity index (χ4n) is 2.80. The summed E-state index contributed by atoms with van der Waals surface area (Å²) in [5.74, 6) is 0. The van der Waals surface area contributed by atoms with Gasteiger partial charge in [-0.15, -0.1) is 5.11 Å². The highest BCUT2D eigenvalue weighted by Crippen LogP contribution is 2.21. The second kappa shape index (κ2) is 7.30. The van der Waals surface area contributed by atoms with E-state index in [4.69, 9.17) is 0 Å². The Morgan fingerprint density at radius 2 is 1.64 bits per heavy atom. The number of hydrogen-bond donors (Lipinski definition) is 0. The Kier molecular flexibility index (Phi) is 4.93. The lowest BCUT2D eigenvalue weighted by Crippen LogP contribution is -2.19. The summed E-state index contributed by atoms with van der Waals surface area (Å²) >= 11 is 0. The lowest BCUT2D eigenvalue weighted by Gasteiger charge is -2.07. The first-order chi connectivity index (χ1) is 12.1. The second-order valence-corrected chi connectivity index (χ2v) is 6.03. The lowest BCUT2D eigenvalue weighted by molar-refractivity contribution is 0.630. The molecule has 0 aliphatic heterocycles. The monoisotopic (exact) mass is 334 g/mol. The van der Waals surface area contributed by atoms with Crippen LogP contribution < -0.4 is 5.56 Å². The standard InChI is InChI=1S/C20H22N4O/c1-4-8-16-11-13-17(14-12-16)21-22-19-15(2)23(3)24(20(19)25)18-9-6-5-7-10-18/h5-7,9-14H,4,8H2,1-3H3.